The molecule has 2 aromatic heterocycles. The largest absolute Gasteiger partial charge is 0.425 e. The van der Waals surface area contributed by atoms with Gasteiger partial charge in [0.25, 0.3) is 0 Å². The Morgan fingerprint density at radius 3 is 2.58 bits per heavy atom. The highest BCUT2D eigenvalue weighted by atomic mass is 16.4. The molecule has 0 unspecified atom stereocenters. The van der Waals surface area contributed by atoms with Gasteiger partial charge in [-0.05, 0) is 43.4 Å². The van der Waals surface area contributed by atoms with Crippen LogP contribution in [-0.2, 0) is 17.6 Å². The molecule has 1 aliphatic rings. The summed E-state index contributed by atoms with van der Waals surface area (Å²) in [5, 5.41) is 8.11. The molecule has 3 heterocycles. The fourth-order valence-electron chi connectivity index (χ4n) is 4.01. The van der Waals surface area contributed by atoms with Gasteiger partial charge in [-0.15, -0.1) is 10.2 Å². The van der Waals surface area contributed by atoms with Gasteiger partial charge in [-0.25, -0.2) is 0 Å². The quantitative estimate of drug-likeness (QED) is 0.552. The van der Waals surface area contributed by atoms with Gasteiger partial charge in [0, 0.05) is 31.5 Å². The maximum absolute atomic E-state index is 12.9. The van der Waals surface area contributed by atoms with E-state index in [-0.39, 0.29) is 17.9 Å². The SMILES string of the molecule is Cc1ccc(Cc2ccc([C@H]3CCCN3C(=O)CCc3nnc(C(C)C)o3)nc2)cc1. The van der Waals surface area contributed by atoms with E-state index in [1.807, 2.05) is 24.9 Å². The number of hydrogen-bond donors (Lipinski definition) is 0. The minimum absolute atomic E-state index is 0.0508. The van der Waals surface area contributed by atoms with E-state index in [2.05, 4.69) is 53.5 Å². The Balaban J connectivity index is 1.36. The number of pyridine rings is 1. The fraction of sp³-hybridized carbons (Fsp3) is 0.440. The maximum Gasteiger partial charge on any atom is 0.223 e. The van der Waals surface area contributed by atoms with Crippen molar-refractivity contribution in [2.24, 2.45) is 0 Å². The summed E-state index contributed by atoms with van der Waals surface area (Å²) < 4.78 is 5.63. The standard InChI is InChI=1S/C25H30N4O2/c1-17(2)25-28-27-23(31-25)12-13-24(30)29-14-4-5-22(29)21-11-10-20(16-26-21)15-19-8-6-18(3)7-9-19/h6-11,16-17,22H,4-5,12-15H2,1-3H3/t22-/m1/s1. The van der Waals surface area contributed by atoms with Crippen LogP contribution in [0.1, 0.15) is 79.2 Å². The lowest BCUT2D eigenvalue weighted by atomic mass is 10.0. The Hall–Kier alpha value is -3.02. The molecule has 6 nitrogen and oxygen atoms in total. The van der Waals surface area contributed by atoms with Gasteiger partial charge in [-0.2, -0.15) is 0 Å². The van der Waals surface area contributed by atoms with Crippen LogP contribution < -0.4 is 0 Å². The van der Waals surface area contributed by atoms with E-state index in [0.29, 0.717) is 24.6 Å². The molecule has 1 saturated heterocycles. The third-order valence-corrected chi connectivity index (χ3v) is 5.82. The van der Waals surface area contributed by atoms with Gasteiger partial charge in [0.1, 0.15) is 0 Å². The lowest BCUT2D eigenvalue weighted by molar-refractivity contribution is -0.132. The van der Waals surface area contributed by atoms with Crippen LogP contribution in [0.5, 0.6) is 0 Å². The first kappa shape index (κ1) is 21.2. The number of nitrogens with zero attached hydrogens (tertiary/aromatic N) is 4. The summed E-state index contributed by atoms with van der Waals surface area (Å²) in [6.45, 7) is 6.89. The summed E-state index contributed by atoms with van der Waals surface area (Å²) in [4.78, 5) is 19.6. The second-order valence-electron chi connectivity index (χ2n) is 8.69. The van der Waals surface area contributed by atoms with E-state index in [4.69, 9.17) is 9.40 Å². The predicted molar refractivity (Wildman–Crippen MR) is 119 cm³/mol. The zero-order valence-corrected chi connectivity index (χ0v) is 18.5. The van der Waals surface area contributed by atoms with Gasteiger partial charge in [0.05, 0.1) is 11.7 Å². The molecule has 4 rings (SSSR count). The molecule has 0 saturated carbocycles. The van der Waals surface area contributed by atoms with Crippen molar-refractivity contribution in [3.63, 3.8) is 0 Å². The number of likely N-dealkylation sites (tertiary alicyclic amines) is 1. The van der Waals surface area contributed by atoms with Crippen LogP contribution in [-0.4, -0.2) is 32.5 Å². The summed E-state index contributed by atoms with van der Waals surface area (Å²) in [6.07, 6.45) is 5.62. The van der Waals surface area contributed by atoms with Gasteiger partial charge in [0.15, 0.2) is 0 Å². The molecule has 0 spiro atoms. The minimum atomic E-state index is 0.0508. The molecule has 6 heteroatoms. The smallest absolute Gasteiger partial charge is 0.223 e. The third kappa shape index (κ3) is 5.19. The molecular formula is C25H30N4O2. The van der Waals surface area contributed by atoms with E-state index in [9.17, 15) is 4.79 Å². The van der Waals surface area contributed by atoms with Crippen LogP contribution in [0.25, 0.3) is 0 Å². The first-order valence-electron chi connectivity index (χ1n) is 11.1. The van der Waals surface area contributed by atoms with Crippen molar-refractivity contribution >= 4 is 5.91 Å². The van der Waals surface area contributed by atoms with E-state index >= 15 is 0 Å². The first-order valence-corrected chi connectivity index (χ1v) is 11.1. The molecule has 1 aromatic carbocycles. The molecule has 1 atom stereocenters. The summed E-state index contributed by atoms with van der Waals surface area (Å²) >= 11 is 0. The monoisotopic (exact) mass is 418 g/mol. The molecule has 0 radical (unpaired) electrons. The molecule has 1 aliphatic heterocycles. The second-order valence-corrected chi connectivity index (χ2v) is 8.69. The van der Waals surface area contributed by atoms with E-state index in [0.717, 1.165) is 31.5 Å². The number of hydrogen-bond acceptors (Lipinski definition) is 5. The average Bonchev–Trinajstić information content (AvgIpc) is 3.44. The highest BCUT2D eigenvalue weighted by Crippen LogP contribution is 2.31. The molecule has 0 bridgehead atoms. The van der Waals surface area contributed by atoms with Crippen molar-refractivity contribution in [1.29, 1.82) is 0 Å². The van der Waals surface area contributed by atoms with E-state index < -0.39 is 0 Å². The van der Waals surface area contributed by atoms with Crippen LogP contribution in [0, 0.1) is 6.92 Å². The number of rotatable bonds is 7. The van der Waals surface area contributed by atoms with Crippen molar-refractivity contribution in [2.45, 2.75) is 64.8 Å². The summed E-state index contributed by atoms with van der Waals surface area (Å²) in [6, 6.07) is 12.9. The average molecular weight is 419 g/mol. The van der Waals surface area contributed by atoms with Gasteiger partial charge < -0.3 is 9.32 Å². The van der Waals surface area contributed by atoms with Crippen molar-refractivity contribution in [3.05, 3.63) is 76.8 Å². The Morgan fingerprint density at radius 2 is 1.90 bits per heavy atom. The number of benzene rings is 1. The molecule has 0 aliphatic carbocycles. The highest BCUT2D eigenvalue weighted by Gasteiger charge is 2.30. The summed E-state index contributed by atoms with van der Waals surface area (Å²) in [7, 11) is 0. The molecule has 0 N–H and O–H groups in total. The Kier molecular flexibility index (Phi) is 6.44. The predicted octanol–water partition coefficient (Wildman–Crippen LogP) is 4.78. The molecule has 1 amide bonds. The number of aryl methyl sites for hydroxylation is 2. The van der Waals surface area contributed by atoms with Gasteiger partial charge in [-0.3, -0.25) is 9.78 Å². The van der Waals surface area contributed by atoms with Crippen molar-refractivity contribution in [2.75, 3.05) is 6.54 Å². The molecule has 3 aromatic rings. The minimum Gasteiger partial charge on any atom is -0.425 e. The molecular weight excluding hydrogens is 388 g/mol. The Labute approximate surface area is 183 Å². The van der Waals surface area contributed by atoms with Crippen LogP contribution >= 0.6 is 0 Å². The van der Waals surface area contributed by atoms with Crippen LogP contribution in [0.3, 0.4) is 0 Å². The summed E-state index contributed by atoms with van der Waals surface area (Å²) in [5.74, 6) is 1.47. The lowest BCUT2D eigenvalue weighted by Gasteiger charge is -2.24. The zero-order valence-electron chi connectivity index (χ0n) is 18.5. The summed E-state index contributed by atoms with van der Waals surface area (Å²) in [5.41, 5.74) is 4.70. The van der Waals surface area contributed by atoms with Gasteiger partial charge >= 0.3 is 0 Å². The molecule has 1 fully saturated rings. The number of carbonyl (C=O) groups excluding carboxylic acids is 1. The van der Waals surface area contributed by atoms with Crippen molar-refractivity contribution in [3.8, 4) is 0 Å². The van der Waals surface area contributed by atoms with E-state index in [1.54, 1.807) is 0 Å². The number of carbonyl (C=O) groups is 1. The zero-order chi connectivity index (χ0) is 21.8. The number of amides is 1. The van der Waals surface area contributed by atoms with E-state index in [1.165, 1.54) is 16.7 Å². The maximum atomic E-state index is 12.9. The fourth-order valence-corrected chi connectivity index (χ4v) is 4.01. The highest BCUT2D eigenvalue weighted by molar-refractivity contribution is 5.77. The van der Waals surface area contributed by atoms with Crippen molar-refractivity contribution < 1.29 is 9.21 Å². The second kappa shape index (κ2) is 9.41. The molecule has 31 heavy (non-hydrogen) atoms. The van der Waals surface area contributed by atoms with Gasteiger partial charge in [0.2, 0.25) is 17.7 Å². The normalized spacial score (nSPS) is 16.3. The lowest BCUT2D eigenvalue weighted by Crippen LogP contribution is -2.31. The molecule has 162 valence electrons. The topological polar surface area (TPSA) is 72.1 Å². The Morgan fingerprint density at radius 1 is 1.13 bits per heavy atom. The van der Waals surface area contributed by atoms with Crippen molar-refractivity contribution in [1.82, 2.24) is 20.1 Å². The number of aromatic nitrogens is 3. The third-order valence-electron chi connectivity index (χ3n) is 5.82. The van der Waals surface area contributed by atoms with Gasteiger partial charge in [-0.1, -0.05) is 49.7 Å². The van der Waals surface area contributed by atoms with Crippen LogP contribution in [0.15, 0.2) is 47.0 Å². The first-order chi connectivity index (χ1) is 15.0. The van der Waals surface area contributed by atoms with Crippen LogP contribution in [0.2, 0.25) is 0 Å². The Bertz CT molecular complexity index is 1010. The van der Waals surface area contributed by atoms with Crippen LogP contribution in [0.4, 0.5) is 0 Å².